The van der Waals surface area contributed by atoms with Crippen LogP contribution in [0.2, 0.25) is 0 Å². The number of para-hydroxylation sites is 2. The van der Waals surface area contributed by atoms with Gasteiger partial charge in [0.05, 0.1) is 16.7 Å². The summed E-state index contributed by atoms with van der Waals surface area (Å²) in [6, 6.07) is 101. The molecule has 0 saturated carbocycles. The van der Waals surface area contributed by atoms with E-state index in [-0.39, 0.29) is 31.9 Å². The van der Waals surface area contributed by atoms with Gasteiger partial charge in [-0.3, -0.25) is 4.57 Å². The molecule has 93 heavy (non-hydrogen) atoms. The second-order valence-electron chi connectivity index (χ2n) is 26.3. The van der Waals surface area contributed by atoms with Gasteiger partial charge in [-0.15, -0.1) is 29.7 Å². The van der Waals surface area contributed by atoms with E-state index in [1.807, 2.05) is 24.4 Å². The SMILES string of the molecule is CC(C)(C)c1ccnc(-n2c3[c-]c(Oc4[c-]c(-n5[c-][n+]6c7c(cccc75)-c5ccccc5-c5ccccc5-c5cc(C(C)(C)C)cc(-c7cc(-c8ccccc8)c8oc9c(-c%10ccccc%10)cc(-c%10ccccc%10)cc9c8c7)c5-6)ccc4)ccc3c3ccccc32)c1.[Pt]. The molecule has 0 saturated heterocycles. The summed E-state index contributed by atoms with van der Waals surface area (Å²) in [5, 5.41) is 4.27. The molecule has 1 aliphatic rings. The number of furan rings is 1. The first-order valence-corrected chi connectivity index (χ1v) is 31.6. The van der Waals surface area contributed by atoms with Crippen molar-refractivity contribution in [1.82, 2.24) is 14.1 Å². The van der Waals surface area contributed by atoms with Crippen LogP contribution in [0.25, 0.3) is 150 Å². The summed E-state index contributed by atoms with van der Waals surface area (Å²) < 4.78 is 21.0. The molecule has 450 valence electrons. The van der Waals surface area contributed by atoms with Crippen molar-refractivity contribution in [2.75, 3.05) is 0 Å². The van der Waals surface area contributed by atoms with Crippen molar-refractivity contribution in [3.8, 4) is 107 Å². The molecule has 1 aliphatic heterocycles. The van der Waals surface area contributed by atoms with E-state index in [9.17, 15) is 0 Å². The van der Waals surface area contributed by atoms with Gasteiger partial charge in [0.2, 0.25) is 0 Å². The molecule has 0 N–H and O–H groups in total. The molecule has 0 aliphatic carbocycles. The van der Waals surface area contributed by atoms with Crippen molar-refractivity contribution in [3.63, 3.8) is 0 Å². The first-order chi connectivity index (χ1) is 44.9. The molecule has 0 radical (unpaired) electrons. The number of benzene rings is 12. The Hall–Kier alpha value is -10.7. The van der Waals surface area contributed by atoms with Crippen molar-refractivity contribution < 1.29 is 34.8 Å². The molecule has 0 bridgehead atoms. The third kappa shape index (κ3) is 9.74. The molecule has 17 rings (SSSR count). The van der Waals surface area contributed by atoms with E-state index in [0.717, 1.165) is 150 Å². The largest absolute Gasteiger partial charge is 0.510 e. The van der Waals surface area contributed by atoms with Crippen molar-refractivity contribution in [1.29, 1.82) is 0 Å². The summed E-state index contributed by atoms with van der Waals surface area (Å²) in [5.41, 5.74) is 24.8. The molecule has 0 spiro atoms. The van der Waals surface area contributed by atoms with Gasteiger partial charge in [-0.1, -0.05) is 235 Å². The molecular formula is C86H62N4O2Pt-2. The van der Waals surface area contributed by atoms with Crippen LogP contribution < -0.4 is 9.30 Å². The summed E-state index contributed by atoms with van der Waals surface area (Å²) in [4.78, 5) is 4.94. The molecule has 4 aromatic heterocycles. The Morgan fingerprint density at radius 1 is 0.398 bits per heavy atom. The van der Waals surface area contributed by atoms with E-state index >= 15 is 0 Å². The maximum absolute atomic E-state index is 7.36. The Bertz CT molecular complexity index is 5630. The van der Waals surface area contributed by atoms with E-state index < -0.39 is 0 Å². The Morgan fingerprint density at radius 3 is 1.60 bits per heavy atom. The second kappa shape index (κ2) is 22.3. The maximum atomic E-state index is 7.36. The van der Waals surface area contributed by atoms with E-state index in [2.05, 4.69) is 316 Å². The Balaban J connectivity index is 0.00000686. The number of hydrogen-bond donors (Lipinski definition) is 0. The van der Waals surface area contributed by atoms with Gasteiger partial charge in [-0.25, -0.2) is 4.98 Å². The number of aromatic nitrogens is 4. The van der Waals surface area contributed by atoms with Crippen molar-refractivity contribution >= 4 is 54.8 Å². The fraction of sp³-hybridized carbons (Fsp3) is 0.0930. The molecule has 16 aromatic rings. The predicted octanol–water partition coefficient (Wildman–Crippen LogP) is 22.1. The van der Waals surface area contributed by atoms with E-state index in [4.69, 9.17) is 14.1 Å². The van der Waals surface area contributed by atoms with Gasteiger partial charge in [0.15, 0.2) is 0 Å². The van der Waals surface area contributed by atoms with E-state index in [0.29, 0.717) is 11.5 Å². The summed E-state index contributed by atoms with van der Waals surface area (Å²) in [7, 11) is 0. The van der Waals surface area contributed by atoms with E-state index in [1.165, 1.54) is 11.1 Å². The molecule has 7 heteroatoms. The van der Waals surface area contributed by atoms with Crippen molar-refractivity contribution in [3.05, 3.63) is 297 Å². The Labute approximate surface area is 555 Å². The van der Waals surface area contributed by atoms with Crippen molar-refractivity contribution in [2.24, 2.45) is 0 Å². The number of nitrogens with zero attached hydrogens (tertiary/aromatic N) is 4. The summed E-state index contributed by atoms with van der Waals surface area (Å²) >= 11 is 0. The Morgan fingerprint density at radius 2 is 0.935 bits per heavy atom. The van der Waals surface area contributed by atoms with Gasteiger partial charge in [0.25, 0.3) is 6.33 Å². The van der Waals surface area contributed by atoms with Crippen LogP contribution in [0.4, 0.5) is 0 Å². The molecular weight excluding hydrogens is 1320 g/mol. The van der Waals surface area contributed by atoms with Gasteiger partial charge in [-0.05, 0) is 142 Å². The van der Waals surface area contributed by atoms with Crippen LogP contribution in [0.1, 0.15) is 52.7 Å². The smallest absolute Gasteiger partial charge is 0.268 e. The van der Waals surface area contributed by atoms with Crippen molar-refractivity contribution in [2.45, 2.75) is 52.4 Å². The third-order valence-electron chi connectivity index (χ3n) is 18.5. The molecule has 12 aromatic carbocycles. The van der Waals surface area contributed by atoms with Gasteiger partial charge in [0, 0.05) is 66.2 Å². The first-order valence-electron chi connectivity index (χ1n) is 31.6. The predicted molar refractivity (Wildman–Crippen MR) is 376 cm³/mol. The molecule has 5 heterocycles. The minimum atomic E-state index is -0.255. The standard InChI is InChI=1S/C86H62N4O2.Pt/c1-85(2,3)59-42-43-87-80(50-59)90-77-38-21-20-36-68(77)69-41-40-63(52-79(69)90)91-62-31-22-30-61(51-62)88-53-89-81-71(48-60(86(4,5)6)49-74(81)67-35-19-17-33-65(67)64-32-16-18-34-66(64)70-37-23-39-78(88)82(70)89)58-46-73(56-28-14-9-15-29-56)84-76(47-58)75-45-57(54-24-10-7-11-25-54)44-72(83(75)92-84)55-26-12-8-13-27-55;/h7-50H,1-6H3;/q-2;. The van der Waals surface area contributed by atoms with Crippen LogP contribution in [0.5, 0.6) is 11.5 Å². The summed E-state index contributed by atoms with van der Waals surface area (Å²) in [6.45, 7) is 13.7. The number of imidazole rings is 1. The molecule has 0 atom stereocenters. The average Bonchev–Trinajstić information content (AvgIpc) is 1.59. The number of fused-ring (bicyclic) bond motifs is 13. The topological polar surface area (TPSA) is 49.0 Å². The zero-order chi connectivity index (χ0) is 62.0. The fourth-order valence-electron chi connectivity index (χ4n) is 13.9. The average molecular weight is 1380 g/mol. The van der Waals surface area contributed by atoms with Gasteiger partial charge in [-0.2, -0.15) is 18.2 Å². The second-order valence-corrected chi connectivity index (χ2v) is 26.3. The maximum Gasteiger partial charge on any atom is 0.268 e. The van der Waals surface area contributed by atoms with Gasteiger partial charge < -0.3 is 18.3 Å². The van der Waals surface area contributed by atoms with Gasteiger partial charge in [0.1, 0.15) is 17.0 Å². The van der Waals surface area contributed by atoms with Crippen LogP contribution >= 0.6 is 0 Å². The van der Waals surface area contributed by atoms with Gasteiger partial charge >= 0.3 is 0 Å². The monoisotopic (exact) mass is 1380 g/mol. The van der Waals surface area contributed by atoms with Crippen LogP contribution in [0.3, 0.4) is 0 Å². The molecule has 0 fully saturated rings. The Kier molecular flexibility index (Phi) is 13.8. The fourth-order valence-corrected chi connectivity index (χ4v) is 13.9. The number of ether oxygens (including phenoxy) is 1. The third-order valence-corrected chi connectivity index (χ3v) is 18.5. The number of pyridine rings is 1. The molecule has 0 amide bonds. The first kappa shape index (κ1) is 57.5. The normalized spacial score (nSPS) is 12.1. The number of hydrogen-bond acceptors (Lipinski definition) is 3. The molecule has 6 nitrogen and oxygen atoms in total. The van der Waals surface area contributed by atoms with Crippen LogP contribution in [0.15, 0.2) is 271 Å². The molecule has 0 unspecified atom stereocenters. The number of rotatable bonds is 8. The quantitative estimate of drug-likeness (QED) is 0.113. The van der Waals surface area contributed by atoms with Crippen LogP contribution in [0, 0.1) is 18.5 Å². The minimum Gasteiger partial charge on any atom is -0.510 e. The minimum absolute atomic E-state index is 0. The zero-order valence-electron chi connectivity index (χ0n) is 52.3. The van der Waals surface area contributed by atoms with Crippen LogP contribution in [-0.4, -0.2) is 14.1 Å². The zero-order valence-corrected chi connectivity index (χ0v) is 54.6. The van der Waals surface area contributed by atoms with Crippen LogP contribution in [-0.2, 0) is 31.9 Å². The summed E-state index contributed by atoms with van der Waals surface area (Å²) in [5.74, 6) is 1.94. The van der Waals surface area contributed by atoms with E-state index in [1.54, 1.807) is 0 Å². The summed E-state index contributed by atoms with van der Waals surface area (Å²) in [6.07, 6.45) is 5.98.